The van der Waals surface area contributed by atoms with Crippen LogP contribution in [-0.4, -0.2) is 39.1 Å². The van der Waals surface area contributed by atoms with Crippen molar-refractivity contribution >= 4 is 17.6 Å². The zero-order chi connectivity index (χ0) is 23.6. The molecule has 174 valence electrons. The third-order valence-corrected chi connectivity index (χ3v) is 5.55. The summed E-state index contributed by atoms with van der Waals surface area (Å²) in [5.74, 6) is 0.365. The number of carbonyl (C=O) groups is 2. The lowest BCUT2D eigenvalue weighted by atomic mass is 10.1. The molecule has 2 amide bonds. The summed E-state index contributed by atoms with van der Waals surface area (Å²) in [6.07, 6.45) is 4.64. The number of aromatic nitrogens is 2. The second kappa shape index (κ2) is 12.0. The Morgan fingerprint density at radius 3 is 2.27 bits per heavy atom. The summed E-state index contributed by atoms with van der Waals surface area (Å²) < 4.78 is 1.73. The molecule has 3 aromatic rings. The van der Waals surface area contributed by atoms with Gasteiger partial charge < -0.3 is 10.2 Å². The van der Waals surface area contributed by atoms with Gasteiger partial charge >= 0.3 is 0 Å². The van der Waals surface area contributed by atoms with E-state index in [1.54, 1.807) is 9.58 Å². The summed E-state index contributed by atoms with van der Waals surface area (Å²) in [6.45, 7) is 6.05. The van der Waals surface area contributed by atoms with Crippen LogP contribution in [0.5, 0.6) is 0 Å². The molecule has 1 aromatic heterocycles. The summed E-state index contributed by atoms with van der Waals surface area (Å²) in [7, 11) is 0. The number of amides is 2. The van der Waals surface area contributed by atoms with Crippen molar-refractivity contribution in [2.24, 2.45) is 0 Å². The van der Waals surface area contributed by atoms with E-state index in [2.05, 4.69) is 12.2 Å². The first kappa shape index (κ1) is 24.2. The Morgan fingerprint density at radius 1 is 0.970 bits per heavy atom. The summed E-state index contributed by atoms with van der Waals surface area (Å²) in [4.78, 5) is 27.4. The maximum atomic E-state index is 13.0. The van der Waals surface area contributed by atoms with Gasteiger partial charge in [-0.3, -0.25) is 9.59 Å². The van der Waals surface area contributed by atoms with Crippen molar-refractivity contribution in [2.75, 3.05) is 11.9 Å². The molecular weight excluding hydrogens is 412 g/mol. The van der Waals surface area contributed by atoms with E-state index in [1.807, 2.05) is 80.6 Å². The van der Waals surface area contributed by atoms with E-state index < -0.39 is 0 Å². The number of carbonyl (C=O) groups excluding carboxylic acids is 2. The lowest BCUT2D eigenvalue weighted by Gasteiger charge is -2.26. The van der Waals surface area contributed by atoms with Crippen LogP contribution in [0.4, 0.5) is 5.82 Å². The van der Waals surface area contributed by atoms with Crippen LogP contribution in [0.1, 0.15) is 52.9 Å². The van der Waals surface area contributed by atoms with E-state index in [1.165, 1.54) is 0 Å². The molecular formula is C27H34N4O2. The van der Waals surface area contributed by atoms with Crippen molar-refractivity contribution in [2.45, 2.75) is 58.9 Å². The van der Waals surface area contributed by atoms with Gasteiger partial charge in [0.2, 0.25) is 11.8 Å². The van der Waals surface area contributed by atoms with E-state index in [-0.39, 0.29) is 24.4 Å². The van der Waals surface area contributed by atoms with Crippen molar-refractivity contribution in [3.05, 3.63) is 66.7 Å². The third kappa shape index (κ3) is 6.78. The van der Waals surface area contributed by atoms with Gasteiger partial charge in [0, 0.05) is 24.1 Å². The molecule has 0 saturated heterocycles. The van der Waals surface area contributed by atoms with Crippen LogP contribution in [0.15, 0.2) is 66.7 Å². The van der Waals surface area contributed by atoms with Gasteiger partial charge in [0.05, 0.1) is 11.4 Å². The summed E-state index contributed by atoms with van der Waals surface area (Å²) in [5, 5.41) is 7.72. The molecule has 0 aliphatic rings. The van der Waals surface area contributed by atoms with Gasteiger partial charge in [0.15, 0.2) is 0 Å². The van der Waals surface area contributed by atoms with Gasteiger partial charge in [-0.05, 0) is 32.4 Å². The van der Waals surface area contributed by atoms with E-state index >= 15 is 0 Å². The number of para-hydroxylation sites is 1. The molecule has 6 heteroatoms. The second-order valence-electron chi connectivity index (χ2n) is 8.50. The maximum Gasteiger partial charge on any atom is 0.245 e. The number of hydrogen-bond acceptors (Lipinski definition) is 3. The topological polar surface area (TPSA) is 67.2 Å². The number of rotatable bonds is 11. The number of hydrogen-bond donors (Lipinski definition) is 1. The highest BCUT2D eigenvalue weighted by atomic mass is 16.2. The molecule has 6 nitrogen and oxygen atoms in total. The van der Waals surface area contributed by atoms with Crippen LogP contribution in [-0.2, 0) is 9.59 Å². The SMILES string of the molecule is CCCCCCC(=O)N(CC(=O)Nc1cc(-c2ccccc2)nn1-c1ccccc1)C(C)C. The minimum absolute atomic E-state index is 0.0188. The lowest BCUT2D eigenvalue weighted by molar-refractivity contribution is -0.136. The largest absolute Gasteiger partial charge is 0.331 e. The first-order chi connectivity index (χ1) is 16.0. The number of unbranched alkanes of at least 4 members (excludes halogenated alkanes) is 3. The first-order valence-corrected chi connectivity index (χ1v) is 11.8. The summed E-state index contributed by atoms with van der Waals surface area (Å²) >= 11 is 0. The third-order valence-electron chi connectivity index (χ3n) is 5.55. The fraction of sp³-hybridized carbons (Fsp3) is 0.370. The molecule has 0 unspecified atom stereocenters. The standard InChI is InChI=1S/C27H34N4O2/c1-4-5-6-13-18-27(33)30(21(2)3)20-26(32)28-25-19-24(22-14-9-7-10-15-22)29-31(25)23-16-11-8-12-17-23/h7-12,14-17,19,21H,4-6,13,18,20H2,1-3H3,(H,28,32). The predicted molar refractivity (Wildman–Crippen MR) is 133 cm³/mol. The molecule has 0 atom stereocenters. The van der Waals surface area contributed by atoms with Crippen LogP contribution < -0.4 is 5.32 Å². The average Bonchev–Trinajstić information content (AvgIpc) is 3.24. The lowest BCUT2D eigenvalue weighted by Crippen LogP contribution is -2.42. The monoisotopic (exact) mass is 446 g/mol. The fourth-order valence-electron chi connectivity index (χ4n) is 3.73. The minimum atomic E-state index is -0.234. The highest BCUT2D eigenvalue weighted by Gasteiger charge is 2.21. The molecule has 3 rings (SSSR count). The number of nitrogens with zero attached hydrogens (tertiary/aromatic N) is 3. The zero-order valence-corrected chi connectivity index (χ0v) is 19.8. The molecule has 0 aliphatic heterocycles. The molecule has 0 fully saturated rings. The second-order valence-corrected chi connectivity index (χ2v) is 8.50. The number of anilines is 1. The fourth-order valence-corrected chi connectivity index (χ4v) is 3.73. The molecule has 33 heavy (non-hydrogen) atoms. The minimum Gasteiger partial charge on any atom is -0.331 e. The molecule has 0 spiro atoms. The summed E-state index contributed by atoms with van der Waals surface area (Å²) in [6, 6.07) is 21.4. The number of benzene rings is 2. The van der Waals surface area contributed by atoms with Crippen molar-refractivity contribution in [3.63, 3.8) is 0 Å². The normalized spacial score (nSPS) is 10.9. The van der Waals surface area contributed by atoms with Crippen molar-refractivity contribution in [3.8, 4) is 16.9 Å². The molecule has 1 heterocycles. The molecule has 0 aliphatic carbocycles. The molecule has 0 radical (unpaired) electrons. The highest BCUT2D eigenvalue weighted by Crippen LogP contribution is 2.24. The van der Waals surface area contributed by atoms with Crippen LogP contribution >= 0.6 is 0 Å². The van der Waals surface area contributed by atoms with Crippen LogP contribution in [0.2, 0.25) is 0 Å². The number of nitrogens with one attached hydrogen (secondary N) is 1. The van der Waals surface area contributed by atoms with Crippen LogP contribution in [0.3, 0.4) is 0 Å². The molecule has 2 aromatic carbocycles. The highest BCUT2D eigenvalue weighted by molar-refractivity contribution is 5.94. The predicted octanol–water partition coefficient (Wildman–Crippen LogP) is 5.69. The van der Waals surface area contributed by atoms with Gasteiger partial charge in [-0.25, -0.2) is 4.68 Å². The van der Waals surface area contributed by atoms with E-state index in [0.717, 1.165) is 42.6 Å². The zero-order valence-electron chi connectivity index (χ0n) is 19.8. The molecule has 1 N–H and O–H groups in total. The van der Waals surface area contributed by atoms with Crippen molar-refractivity contribution in [1.82, 2.24) is 14.7 Å². The van der Waals surface area contributed by atoms with Gasteiger partial charge in [-0.2, -0.15) is 5.10 Å². The van der Waals surface area contributed by atoms with Crippen LogP contribution in [0, 0.1) is 0 Å². The van der Waals surface area contributed by atoms with Gasteiger partial charge in [0.25, 0.3) is 0 Å². The van der Waals surface area contributed by atoms with Crippen molar-refractivity contribution in [1.29, 1.82) is 0 Å². The Hall–Kier alpha value is -3.41. The van der Waals surface area contributed by atoms with Gasteiger partial charge in [-0.1, -0.05) is 74.7 Å². The van der Waals surface area contributed by atoms with E-state index in [0.29, 0.717) is 12.2 Å². The van der Waals surface area contributed by atoms with Gasteiger partial charge in [-0.15, -0.1) is 0 Å². The smallest absolute Gasteiger partial charge is 0.245 e. The van der Waals surface area contributed by atoms with Crippen molar-refractivity contribution < 1.29 is 9.59 Å². The summed E-state index contributed by atoms with van der Waals surface area (Å²) in [5.41, 5.74) is 2.58. The first-order valence-electron chi connectivity index (χ1n) is 11.8. The quantitative estimate of drug-likeness (QED) is 0.385. The Kier molecular flexibility index (Phi) is 8.81. The average molecular weight is 447 g/mol. The Bertz CT molecular complexity index is 1030. The Balaban J connectivity index is 1.77. The molecule has 0 bridgehead atoms. The maximum absolute atomic E-state index is 13.0. The van der Waals surface area contributed by atoms with E-state index in [9.17, 15) is 9.59 Å². The molecule has 0 saturated carbocycles. The van der Waals surface area contributed by atoms with Crippen LogP contribution in [0.25, 0.3) is 16.9 Å². The van der Waals surface area contributed by atoms with E-state index in [4.69, 9.17) is 5.10 Å². The Labute approximate surface area is 196 Å². The van der Waals surface area contributed by atoms with Gasteiger partial charge in [0.1, 0.15) is 12.4 Å². The Morgan fingerprint density at radius 2 is 1.64 bits per heavy atom.